The summed E-state index contributed by atoms with van der Waals surface area (Å²) in [5.41, 5.74) is 5.04. The van der Waals surface area contributed by atoms with Crippen LogP contribution in [-0.2, 0) is 6.18 Å². The normalized spacial score (nSPS) is 22.4. The fourth-order valence-corrected chi connectivity index (χ4v) is 2.40. The molecule has 1 aromatic rings. The number of nitrogens with two attached hydrogens (primary N) is 1. The van der Waals surface area contributed by atoms with Gasteiger partial charge in [0.25, 0.3) is 0 Å². The first kappa shape index (κ1) is 14.1. The topological polar surface area (TPSA) is 42.1 Å². The van der Waals surface area contributed by atoms with Gasteiger partial charge in [0.1, 0.15) is 11.5 Å². The van der Waals surface area contributed by atoms with E-state index in [9.17, 15) is 13.2 Å². The molecule has 1 aliphatic rings. The molecule has 1 aromatic heterocycles. The molecular formula is C13H18F3N3. The van der Waals surface area contributed by atoms with Crippen LogP contribution in [-0.4, -0.2) is 24.1 Å². The van der Waals surface area contributed by atoms with Gasteiger partial charge in [0.2, 0.25) is 0 Å². The Hall–Kier alpha value is -1.30. The predicted molar refractivity (Wildman–Crippen MR) is 67.8 cm³/mol. The third-order valence-electron chi connectivity index (χ3n) is 3.55. The number of nitrogens with zero attached hydrogens (tertiary/aromatic N) is 2. The summed E-state index contributed by atoms with van der Waals surface area (Å²) < 4.78 is 37.9. The van der Waals surface area contributed by atoms with E-state index in [-0.39, 0.29) is 6.04 Å². The second kappa shape index (κ2) is 5.36. The van der Waals surface area contributed by atoms with Gasteiger partial charge in [0.05, 0.1) is 0 Å². The van der Waals surface area contributed by atoms with Gasteiger partial charge in [0, 0.05) is 19.1 Å². The number of rotatable bonds is 2. The van der Waals surface area contributed by atoms with E-state index >= 15 is 0 Å². The molecular weight excluding hydrogens is 255 g/mol. The number of piperidine rings is 1. The Morgan fingerprint density at radius 2 is 2.16 bits per heavy atom. The van der Waals surface area contributed by atoms with Crippen LogP contribution in [0.2, 0.25) is 0 Å². The minimum absolute atomic E-state index is 0.0496. The zero-order valence-electron chi connectivity index (χ0n) is 10.8. The maximum absolute atomic E-state index is 12.6. The minimum atomic E-state index is -4.40. The maximum atomic E-state index is 12.6. The van der Waals surface area contributed by atoms with E-state index in [1.54, 1.807) is 6.07 Å². The van der Waals surface area contributed by atoms with E-state index in [0.29, 0.717) is 18.3 Å². The molecule has 106 valence electrons. The van der Waals surface area contributed by atoms with Crippen molar-refractivity contribution in [2.45, 2.75) is 32.0 Å². The molecule has 6 heteroatoms. The van der Waals surface area contributed by atoms with Gasteiger partial charge in [-0.25, -0.2) is 4.98 Å². The molecule has 0 aromatic carbocycles. The number of halogens is 3. The van der Waals surface area contributed by atoms with Crippen LogP contribution in [0.3, 0.4) is 0 Å². The van der Waals surface area contributed by atoms with Crippen LogP contribution in [0.1, 0.15) is 25.5 Å². The molecule has 0 bridgehead atoms. The van der Waals surface area contributed by atoms with E-state index < -0.39 is 11.9 Å². The first-order valence-electron chi connectivity index (χ1n) is 6.42. The van der Waals surface area contributed by atoms with E-state index in [1.165, 1.54) is 6.07 Å². The van der Waals surface area contributed by atoms with Crippen molar-refractivity contribution in [3.05, 3.63) is 23.9 Å². The quantitative estimate of drug-likeness (QED) is 0.900. The summed E-state index contributed by atoms with van der Waals surface area (Å²) >= 11 is 0. The van der Waals surface area contributed by atoms with Crippen molar-refractivity contribution >= 4 is 5.82 Å². The van der Waals surface area contributed by atoms with Crippen LogP contribution in [0.15, 0.2) is 18.2 Å². The van der Waals surface area contributed by atoms with Gasteiger partial charge in [-0.2, -0.15) is 13.2 Å². The van der Waals surface area contributed by atoms with Gasteiger partial charge >= 0.3 is 6.18 Å². The largest absolute Gasteiger partial charge is 0.433 e. The lowest BCUT2D eigenvalue weighted by Gasteiger charge is -2.35. The highest BCUT2D eigenvalue weighted by molar-refractivity contribution is 5.40. The summed E-state index contributed by atoms with van der Waals surface area (Å²) in [5, 5.41) is 0. The Bertz CT molecular complexity index is 431. The molecule has 2 unspecified atom stereocenters. The molecule has 0 saturated carbocycles. The third-order valence-corrected chi connectivity index (χ3v) is 3.55. The number of pyridine rings is 1. The molecule has 0 amide bonds. The highest BCUT2D eigenvalue weighted by Gasteiger charge is 2.33. The summed E-state index contributed by atoms with van der Waals surface area (Å²) in [6.45, 7) is 3.34. The number of anilines is 1. The van der Waals surface area contributed by atoms with Gasteiger partial charge in [-0.15, -0.1) is 0 Å². The Kier molecular flexibility index (Phi) is 3.99. The average Bonchev–Trinajstić information content (AvgIpc) is 2.38. The molecule has 2 N–H and O–H groups in total. The van der Waals surface area contributed by atoms with Crippen molar-refractivity contribution in [2.75, 3.05) is 18.0 Å². The molecule has 0 spiro atoms. The lowest BCUT2D eigenvalue weighted by molar-refractivity contribution is -0.141. The zero-order chi connectivity index (χ0) is 14.0. The number of alkyl halides is 3. The van der Waals surface area contributed by atoms with Gasteiger partial charge < -0.3 is 10.6 Å². The molecule has 1 aliphatic heterocycles. The van der Waals surface area contributed by atoms with Crippen LogP contribution in [0, 0.1) is 5.92 Å². The van der Waals surface area contributed by atoms with E-state index in [1.807, 2.05) is 11.8 Å². The van der Waals surface area contributed by atoms with Crippen molar-refractivity contribution < 1.29 is 13.2 Å². The molecule has 3 nitrogen and oxygen atoms in total. The van der Waals surface area contributed by atoms with Gasteiger partial charge in [-0.05, 0) is 37.8 Å². The monoisotopic (exact) mass is 273 g/mol. The third kappa shape index (κ3) is 3.37. The van der Waals surface area contributed by atoms with E-state index in [0.717, 1.165) is 25.5 Å². The molecule has 2 rings (SSSR count). The molecule has 0 aliphatic carbocycles. The zero-order valence-corrected chi connectivity index (χ0v) is 10.8. The SMILES string of the molecule is CC(N)C1CCCN(c2cccc(C(F)(F)F)n2)C1. The lowest BCUT2D eigenvalue weighted by atomic mass is 9.92. The Balaban J connectivity index is 2.17. The first-order chi connectivity index (χ1) is 8.88. The van der Waals surface area contributed by atoms with Crippen molar-refractivity contribution in [1.82, 2.24) is 4.98 Å². The van der Waals surface area contributed by atoms with Crippen LogP contribution in [0.25, 0.3) is 0 Å². The maximum Gasteiger partial charge on any atom is 0.433 e. The highest BCUT2D eigenvalue weighted by Crippen LogP contribution is 2.30. The minimum Gasteiger partial charge on any atom is -0.356 e. The first-order valence-corrected chi connectivity index (χ1v) is 6.42. The van der Waals surface area contributed by atoms with E-state index in [4.69, 9.17) is 5.73 Å². The Morgan fingerprint density at radius 1 is 1.42 bits per heavy atom. The smallest absolute Gasteiger partial charge is 0.356 e. The molecule has 0 radical (unpaired) electrons. The second-order valence-corrected chi connectivity index (χ2v) is 5.09. The van der Waals surface area contributed by atoms with Gasteiger partial charge in [-0.1, -0.05) is 6.07 Å². The molecule has 2 atom stereocenters. The van der Waals surface area contributed by atoms with Gasteiger partial charge in [-0.3, -0.25) is 0 Å². The van der Waals surface area contributed by atoms with Crippen LogP contribution in [0.5, 0.6) is 0 Å². The summed E-state index contributed by atoms with van der Waals surface area (Å²) in [6, 6.07) is 4.07. The molecule has 2 heterocycles. The van der Waals surface area contributed by atoms with Crippen molar-refractivity contribution in [1.29, 1.82) is 0 Å². The van der Waals surface area contributed by atoms with Crippen molar-refractivity contribution in [2.24, 2.45) is 11.7 Å². The van der Waals surface area contributed by atoms with Crippen LogP contribution in [0.4, 0.5) is 19.0 Å². The Labute approximate surface area is 110 Å². The Morgan fingerprint density at radius 3 is 2.79 bits per heavy atom. The average molecular weight is 273 g/mol. The summed E-state index contributed by atoms with van der Waals surface area (Å²) in [6.07, 6.45) is -2.44. The number of aromatic nitrogens is 1. The van der Waals surface area contributed by atoms with Gasteiger partial charge in [0.15, 0.2) is 0 Å². The van der Waals surface area contributed by atoms with Crippen LogP contribution >= 0.6 is 0 Å². The molecule has 1 saturated heterocycles. The summed E-state index contributed by atoms with van der Waals surface area (Å²) in [5.74, 6) is 0.699. The number of hydrogen-bond donors (Lipinski definition) is 1. The summed E-state index contributed by atoms with van der Waals surface area (Å²) in [4.78, 5) is 5.62. The number of hydrogen-bond acceptors (Lipinski definition) is 3. The molecule has 1 fully saturated rings. The van der Waals surface area contributed by atoms with Crippen molar-refractivity contribution in [3.63, 3.8) is 0 Å². The molecule has 19 heavy (non-hydrogen) atoms. The predicted octanol–water partition coefficient (Wildman–Crippen LogP) is 2.66. The van der Waals surface area contributed by atoms with Crippen LogP contribution < -0.4 is 10.6 Å². The van der Waals surface area contributed by atoms with Crippen molar-refractivity contribution in [3.8, 4) is 0 Å². The summed E-state index contributed by atoms with van der Waals surface area (Å²) in [7, 11) is 0. The lowest BCUT2D eigenvalue weighted by Crippen LogP contribution is -2.42. The van der Waals surface area contributed by atoms with E-state index in [2.05, 4.69) is 4.98 Å². The standard InChI is InChI=1S/C13H18F3N3/c1-9(17)10-4-3-7-19(8-10)12-6-2-5-11(18-12)13(14,15)16/h2,5-6,9-10H,3-4,7-8,17H2,1H3. The fraction of sp³-hybridized carbons (Fsp3) is 0.615. The highest BCUT2D eigenvalue weighted by atomic mass is 19.4. The second-order valence-electron chi connectivity index (χ2n) is 5.09. The fourth-order valence-electron chi connectivity index (χ4n) is 2.40.